The summed E-state index contributed by atoms with van der Waals surface area (Å²) >= 11 is 0. The summed E-state index contributed by atoms with van der Waals surface area (Å²) in [4.78, 5) is 15.6. The van der Waals surface area contributed by atoms with E-state index in [1.54, 1.807) is 0 Å². The van der Waals surface area contributed by atoms with Gasteiger partial charge in [0.1, 0.15) is 5.82 Å². The van der Waals surface area contributed by atoms with Crippen molar-refractivity contribution in [1.82, 2.24) is 9.55 Å². The molecular weight excluding hydrogens is 248 g/mol. The van der Waals surface area contributed by atoms with E-state index in [1.165, 1.54) is 0 Å². The van der Waals surface area contributed by atoms with E-state index in [2.05, 4.69) is 4.98 Å². The number of aromatic carboxylic acids is 1. The average molecular weight is 266 g/mol. The molecule has 1 unspecified atom stereocenters. The minimum Gasteiger partial charge on any atom is -0.476 e. The van der Waals surface area contributed by atoms with Crippen LogP contribution in [-0.4, -0.2) is 38.9 Å². The Bertz CT molecular complexity index is 491. The van der Waals surface area contributed by atoms with Gasteiger partial charge >= 0.3 is 5.97 Å². The molecule has 1 fully saturated rings. The van der Waals surface area contributed by atoms with Gasteiger partial charge in [-0.2, -0.15) is 0 Å². The van der Waals surface area contributed by atoms with Crippen molar-refractivity contribution in [2.45, 2.75) is 44.2 Å². The van der Waals surface area contributed by atoms with E-state index in [1.807, 2.05) is 4.57 Å². The second-order valence-electron chi connectivity index (χ2n) is 5.21. The molecule has 3 heterocycles. The maximum atomic E-state index is 11.3. The number of nitrogens with zero attached hydrogens (tertiary/aromatic N) is 2. The van der Waals surface area contributed by atoms with Crippen LogP contribution in [0.25, 0.3) is 0 Å². The summed E-state index contributed by atoms with van der Waals surface area (Å²) in [5.74, 6) is 0.00311. The van der Waals surface area contributed by atoms with Gasteiger partial charge in [0.15, 0.2) is 5.69 Å². The minimum atomic E-state index is -1.05. The first-order valence-corrected chi connectivity index (χ1v) is 6.78. The van der Waals surface area contributed by atoms with Gasteiger partial charge < -0.3 is 19.5 Å². The van der Waals surface area contributed by atoms with Crippen LogP contribution >= 0.6 is 0 Å². The number of aliphatic hydroxyl groups excluding tert-OH is 1. The lowest BCUT2D eigenvalue weighted by Crippen LogP contribution is -2.22. The van der Waals surface area contributed by atoms with Crippen LogP contribution in [0.5, 0.6) is 0 Å². The number of ether oxygens (including phenoxy) is 1. The van der Waals surface area contributed by atoms with Crippen LogP contribution in [0.1, 0.15) is 59.7 Å². The van der Waals surface area contributed by atoms with Crippen molar-refractivity contribution >= 4 is 5.97 Å². The van der Waals surface area contributed by atoms with E-state index in [4.69, 9.17) is 4.74 Å². The van der Waals surface area contributed by atoms with Crippen LogP contribution in [0.2, 0.25) is 0 Å². The van der Waals surface area contributed by atoms with E-state index < -0.39 is 12.1 Å². The Kier molecular flexibility index (Phi) is 3.28. The normalized spacial score (nSPS) is 24.2. The summed E-state index contributed by atoms with van der Waals surface area (Å²) < 4.78 is 7.26. The SMILES string of the molecule is O=C(O)c1nc(C2CCOCC2)n2c1C(O)CCC2. The first-order chi connectivity index (χ1) is 9.18. The molecule has 1 saturated heterocycles. The monoisotopic (exact) mass is 266 g/mol. The van der Waals surface area contributed by atoms with Gasteiger partial charge in [0.05, 0.1) is 11.8 Å². The highest BCUT2D eigenvalue weighted by Gasteiger charge is 2.32. The fourth-order valence-electron chi connectivity index (χ4n) is 3.06. The van der Waals surface area contributed by atoms with Gasteiger partial charge in [0, 0.05) is 25.7 Å². The second kappa shape index (κ2) is 4.94. The van der Waals surface area contributed by atoms with Crippen LogP contribution in [0.15, 0.2) is 0 Å². The number of aromatic nitrogens is 2. The van der Waals surface area contributed by atoms with E-state index in [9.17, 15) is 15.0 Å². The zero-order valence-corrected chi connectivity index (χ0v) is 10.7. The lowest BCUT2D eigenvalue weighted by Gasteiger charge is -2.26. The van der Waals surface area contributed by atoms with Crippen molar-refractivity contribution in [1.29, 1.82) is 0 Å². The summed E-state index contributed by atoms with van der Waals surface area (Å²) in [5, 5.41) is 19.3. The molecule has 19 heavy (non-hydrogen) atoms. The molecule has 0 bridgehead atoms. The molecule has 0 aliphatic carbocycles. The predicted octanol–water partition coefficient (Wildman–Crippen LogP) is 1.30. The first kappa shape index (κ1) is 12.6. The number of carboxylic acids is 1. The molecule has 104 valence electrons. The molecule has 0 amide bonds. The number of carboxylic acid groups (broad SMARTS) is 1. The number of fused-ring (bicyclic) bond motifs is 1. The smallest absolute Gasteiger partial charge is 0.356 e. The minimum absolute atomic E-state index is 0.0219. The van der Waals surface area contributed by atoms with Crippen LogP contribution < -0.4 is 0 Å². The molecule has 2 N–H and O–H groups in total. The molecule has 1 atom stereocenters. The Balaban J connectivity index is 2.04. The molecule has 0 radical (unpaired) electrons. The third-order valence-corrected chi connectivity index (χ3v) is 4.00. The zero-order chi connectivity index (χ0) is 13.4. The van der Waals surface area contributed by atoms with Crippen LogP contribution in [0.3, 0.4) is 0 Å². The number of hydrogen-bond acceptors (Lipinski definition) is 4. The summed E-state index contributed by atoms with van der Waals surface area (Å²) in [5.41, 5.74) is 0.508. The third-order valence-electron chi connectivity index (χ3n) is 4.00. The highest BCUT2D eigenvalue weighted by Crippen LogP contribution is 2.34. The van der Waals surface area contributed by atoms with Crippen molar-refractivity contribution in [3.63, 3.8) is 0 Å². The quantitative estimate of drug-likeness (QED) is 0.843. The van der Waals surface area contributed by atoms with E-state index >= 15 is 0 Å². The number of carbonyl (C=O) groups is 1. The largest absolute Gasteiger partial charge is 0.476 e. The molecule has 1 aromatic rings. The van der Waals surface area contributed by atoms with Gasteiger partial charge in [-0.25, -0.2) is 9.78 Å². The Morgan fingerprint density at radius 1 is 1.32 bits per heavy atom. The molecule has 2 aliphatic rings. The first-order valence-electron chi connectivity index (χ1n) is 6.78. The van der Waals surface area contributed by atoms with Crippen molar-refractivity contribution < 1.29 is 19.7 Å². The molecule has 6 heteroatoms. The van der Waals surface area contributed by atoms with Crippen LogP contribution in [0, 0.1) is 0 Å². The van der Waals surface area contributed by atoms with Gasteiger partial charge in [0.2, 0.25) is 0 Å². The number of hydrogen-bond donors (Lipinski definition) is 2. The van der Waals surface area contributed by atoms with Gasteiger partial charge in [0.25, 0.3) is 0 Å². The predicted molar refractivity (Wildman–Crippen MR) is 66.2 cm³/mol. The van der Waals surface area contributed by atoms with Gasteiger partial charge in [-0.15, -0.1) is 0 Å². The van der Waals surface area contributed by atoms with Crippen molar-refractivity contribution in [2.75, 3.05) is 13.2 Å². The molecule has 1 aromatic heterocycles. The number of aliphatic hydroxyl groups is 1. The number of imidazole rings is 1. The van der Waals surface area contributed by atoms with Crippen molar-refractivity contribution in [3.05, 3.63) is 17.2 Å². The Morgan fingerprint density at radius 3 is 2.74 bits per heavy atom. The molecule has 6 nitrogen and oxygen atoms in total. The van der Waals surface area contributed by atoms with Crippen molar-refractivity contribution in [3.8, 4) is 0 Å². The summed E-state index contributed by atoms with van der Waals surface area (Å²) in [6.07, 6.45) is 2.50. The summed E-state index contributed by atoms with van der Waals surface area (Å²) in [7, 11) is 0. The highest BCUT2D eigenvalue weighted by molar-refractivity contribution is 5.87. The molecule has 0 spiro atoms. The molecule has 0 aromatic carbocycles. The Hall–Kier alpha value is -1.40. The van der Waals surface area contributed by atoms with E-state index in [0.29, 0.717) is 25.3 Å². The van der Waals surface area contributed by atoms with Crippen LogP contribution in [0.4, 0.5) is 0 Å². The van der Waals surface area contributed by atoms with Gasteiger partial charge in [-0.3, -0.25) is 0 Å². The molecule has 2 aliphatic heterocycles. The fraction of sp³-hybridized carbons (Fsp3) is 0.692. The van der Waals surface area contributed by atoms with Crippen LogP contribution in [-0.2, 0) is 11.3 Å². The fourth-order valence-corrected chi connectivity index (χ4v) is 3.06. The Labute approximate surface area is 111 Å². The zero-order valence-electron chi connectivity index (χ0n) is 10.7. The highest BCUT2D eigenvalue weighted by atomic mass is 16.5. The Morgan fingerprint density at radius 2 is 2.05 bits per heavy atom. The molecular formula is C13H18N2O4. The number of rotatable bonds is 2. The maximum absolute atomic E-state index is 11.3. The lowest BCUT2D eigenvalue weighted by molar-refractivity contribution is 0.0677. The molecule has 3 rings (SSSR count). The summed E-state index contributed by atoms with van der Waals surface area (Å²) in [6, 6.07) is 0. The van der Waals surface area contributed by atoms with Gasteiger partial charge in [-0.05, 0) is 25.7 Å². The lowest BCUT2D eigenvalue weighted by atomic mass is 9.98. The second-order valence-corrected chi connectivity index (χ2v) is 5.21. The van der Waals surface area contributed by atoms with Gasteiger partial charge in [-0.1, -0.05) is 0 Å². The third kappa shape index (κ3) is 2.15. The van der Waals surface area contributed by atoms with E-state index in [0.717, 1.165) is 31.6 Å². The van der Waals surface area contributed by atoms with E-state index in [-0.39, 0.29) is 11.6 Å². The maximum Gasteiger partial charge on any atom is 0.356 e. The topological polar surface area (TPSA) is 84.6 Å². The molecule has 0 saturated carbocycles. The standard InChI is InChI=1S/C13H18N2O4/c16-9-2-1-5-15-11(9)10(13(17)18)14-12(15)8-3-6-19-7-4-8/h8-9,16H,1-7H2,(H,17,18). The average Bonchev–Trinajstić information content (AvgIpc) is 2.81. The van der Waals surface area contributed by atoms with Crippen molar-refractivity contribution in [2.24, 2.45) is 0 Å². The summed E-state index contributed by atoms with van der Waals surface area (Å²) in [6.45, 7) is 2.13.